The maximum atomic E-state index is 9.23. The summed E-state index contributed by atoms with van der Waals surface area (Å²) < 4.78 is 0.938. The molecular formula is C15H18BrN3O. The van der Waals surface area contributed by atoms with E-state index >= 15 is 0 Å². The van der Waals surface area contributed by atoms with Gasteiger partial charge in [0.2, 0.25) is 0 Å². The van der Waals surface area contributed by atoms with Crippen molar-refractivity contribution in [1.82, 2.24) is 4.98 Å². The Labute approximate surface area is 126 Å². The second kappa shape index (κ2) is 5.58. The number of pyridine rings is 1. The van der Waals surface area contributed by atoms with Gasteiger partial charge >= 0.3 is 0 Å². The molecule has 5 heteroatoms. The highest BCUT2D eigenvalue weighted by atomic mass is 79.9. The van der Waals surface area contributed by atoms with Crippen LogP contribution in [0, 0.1) is 5.92 Å². The minimum absolute atomic E-state index is 0.293. The molecule has 0 spiro atoms. The van der Waals surface area contributed by atoms with E-state index in [1.807, 2.05) is 18.3 Å². The maximum absolute atomic E-state index is 9.23. The van der Waals surface area contributed by atoms with Gasteiger partial charge < -0.3 is 15.7 Å². The highest BCUT2D eigenvalue weighted by molar-refractivity contribution is 9.10. The van der Waals surface area contributed by atoms with Crippen molar-refractivity contribution in [2.24, 2.45) is 5.92 Å². The molecule has 0 unspecified atom stereocenters. The Morgan fingerprint density at radius 2 is 2.10 bits per heavy atom. The molecule has 0 amide bonds. The molecule has 1 aromatic heterocycles. The number of hydrogen-bond acceptors (Lipinski definition) is 4. The molecule has 1 saturated heterocycles. The quantitative estimate of drug-likeness (QED) is 0.828. The monoisotopic (exact) mass is 335 g/mol. The molecule has 0 radical (unpaired) electrons. The van der Waals surface area contributed by atoms with Crippen molar-refractivity contribution in [3.05, 3.63) is 28.9 Å². The van der Waals surface area contributed by atoms with Gasteiger partial charge in [-0.25, -0.2) is 0 Å². The van der Waals surface area contributed by atoms with Crippen LogP contribution in [-0.4, -0.2) is 29.8 Å². The number of rotatable bonds is 2. The summed E-state index contributed by atoms with van der Waals surface area (Å²) in [6.07, 6.45) is 3.86. The summed E-state index contributed by atoms with van der Waals surface area (Å²) in [5.74, 6) is 0.438. The Bertz CT molecular complexity index is 624. The largest absolute Gasteiger partial charge is 0.398 e. The van der Waals surface area contributed by atoms with Crippen LogP contribution >= 0.6 is 15.9 Å². The number of nitrogens with zero attached hydrogens (tertiary/aromatic N) is 2. The van der Waals surface area contributed by atoms with Gasteiger partial charge in [0.25, 0.3) is 0 Å². The molecule has 1 aromatic carbocycles. The van der Waals surface area contributed by atoms with Gasteiger partial charge in [0.15, 0.2) is 0 Å². The molecule has 2 aromatic rings. The van der Waals surface area contributed by atoms with Gasteiger partial charge in [0.05, 0.1) is 11.2 Å². The first-order valence-corrected chi connectivity index (χ1v) is 7.68. The molecule has 2 heterocycles. The van der Waals surface area contributed by atoms with Crippen molar-refractivity contribution >= 4 is 38.2 Å². The fraction of sp³-hybridized carbons (Fsp3) is 0.400. The highest BCUT2D eigenvalue weighted by Gasteiger charge is 2.20. The maximum Gasteiger partial charge on any atom is 0.0956 e. The number of piperidine rings is 1. The molecule has 1 aliphatic heterocycles. The van der Waals surface area contributed by atoms with Crippen LogP contribution in [0.1, 0.15) is 12.8 Å². The average Bonchev–Trinajstić information content (AvgIpc) is 2.48. The number of aliphatic hydroxyl groups excluding tert-OH is 1. The molecule has 1 fully saturated rings. The molecule has 3 rings (SSSR count). The van der Waals surface area contributed by atoms with Gasteiger partial charge in [-0.1, -0.05) is 0 Å². The summed E-state index contributed by atoms with van der Waals surface area (Å²) >= 11 is 3.44. The topological polar surface area (TPSA) is 62.4 Å². The molecule has 0 bridgehead atoms. The Morgan fingerprint density at radius 1 is 1.35 bits per heavy atom. The molecule has 3 N–H and O–H groups in total. The molecule has 0 aliphatic carbocycles. The zero-order chi connectivity index (χ0) is 14.1. The van der Waals surface area contributed by atoms with Crippen molar-refractivity contribution in [3.63, 3.8) is 0 Å². The fourth-order valence-electron chi connectivity index (χ4n) is 2.81. The fourth-order valence-corrected chi connectivity index (χ4v) is 3.14. The molecule has 20 heavy (non-hydrogen) atoms. The van der Waals surface area contributed by atoms with E-state index in [0.717, 1.165) is 52.7 Å². The smallest absolute Gasteiger partial charge is 0.0956 e. The summed E-state index contributed by atoms with van der Waals surface area (Å²) in [5.41, 5.74) is 8.90. The summed E-state index contributed by atoms with van der Waals surface area (Å²) in [4.78, 5) is 6.88. The van der Waals surface area contributed by atoms with Crippen LogP contribution in [0.4, 0.5) is 11.4 Å². The van der Waals surface area contributed by atoms with Gasteiger partial charge in [0, 0.05) is 41.4 Å². The third-order valence-corrected chi connectivity index (χ3v) is 4.48. The molecule has 0 atom stereocenters. The SMILES string of the molecule is Nc1ccc(N2CCC(CO)CC2)c2ncc(Br)cc12. The van der Waals surface area contributed by atoms with Crippen LogP contribution in [0.3, 0.4) is 0 Å². The summed E-state index contributed by atoms with van der Waals surface area (Å²) in [5, 5.41) is 10.2. The molecule has 0 saturated carbocycles. The molecule has 1 aliphatic rings. The van der Waals surface area contributed by atoms with Crippen molar-refractivity contribution < 1.29 is 5.11 Å². The zero-order valence-corrected chi connectivity index (χ0v) is 12.8. The third-order valence-electron chi connectivity index (χ3n) is 4.04. The van der Waals surface area contributed by atoms with Gasteiger partial charge in [0.1, 0.15) is 0 Å². The molecular weight excluding hydrogens is 318 g/mol. The Balaban J connectivity index is 1.98. The summed E-state index contributed by atoms with van der Waals surface area (Å²) in [7, 11) is 0. The average molecular weight is 336 g/mol. The molecule has 4 nitrogen and oxygen atoms in total. The van der Waals surface area contributed by atoms with E-state index in [-0.39, 0.29) is 0 Å². The van der Waals surface area contributed by atoms with E-state index in [2.05, 4.69) is 31.9 Å². The van der Waals surface area contributed by atoms with E-state index < -0.39 is 0 Å². The third kappa shape index (κ3) is 2.47. The number of hydrogen-bond donors (Lipinski definition) is 2. The lowest BCUT2D eigenvalue weighted by Crippen LogP contribution is -2.34. The lowest BCUT2D eigenvalue weighted by Gasteiger charge is -2.33. The number of fused-ring (bicyclic) bond motifs is 1. The predicted octanol–water partition coefficient (Wildman–Crippen LogP) is 2.79. The van der Waals surface area contributed by atoms with Gasteiger partial charge in [-0.2, -0.15) is 0 Å². The first kappa shape index (κ1) is 13.6. The minimum Gasteiger partial charge on any atom is -0.398 e. The van der Waals surface area contributed by atoms with E-state index in [1.165, 1.54) is 0 Å². The second-order valence-electron chi connectivity index (χ2n) is 5.34. The van der Waals surface area contributed by atoms with E-state index in [1.54, 1.807) is 0 Å². The van der Waals surface area contributed by atoms with Crippen molar-refractivity contribution in [1.29, 1.82) is 0 Å². The van der Waals surface area contributed by atoms with Gasteiger partial charge in [-0.3, -0.25) is 4.98 Å². The van der Waals surface area contributed by atoms with Crippen LogP contribution < -0.4 is 10.6 Å². The minimum atomic E-state index is 0.293. The second-order valence-corrected chi connectivity index (χ2v) is 6.25. The Morgan fingerprint density at radius 3 is 2.80 bits per heavy atom. The first-order chi connectivity index (χ1) is 9.69. The number of halogens is 1. The Hall–Kier alpha value is -1.33. The van der Waals surface area contributed by atoms with Crippen molar-refractivity contribution in [3.8, 4) is 0 Å². The summed E-state index contributed by atoms with van der Waals surface area (Å²) in [6.45, 7) is 2.21. The van der Waals surface area contributed by atoms with E-state index in [9.17, 15) is 5.11 Å². The van der Waals surface area contributed by atoms with E-state index in [0.29, 0.717) is 12.5 Å². The highest BCUT2D eigenvalue weighted by Crippen LogP contribution is 2.33. The normalized spacial score (nSPS) is 16.8. The van der Waals surface area contributed by atoms with Crippen LogP contribution in [0.15, 0.2) is 28.9 Å². The number of benzene rings is 1. The van der Waals surface area contributed by atoms with Crippen LogP contribution in [-0.2, 0) is 0 Å². The number of aromatic nitrogens is 1. The van der Waals surface area contributed by atoms with E-state index in [4.69, 9.17) is 5.73 Å². The van der Waals surface area contributed by atoms with Crippen molar-refractivity contribution in [2.45, 2.75) is 12.8 Å². The number of nitrogen functional groups attached to an aromatic ring is 1. The summed E-state index contributed by atoms with van der Waals surface area (Å²) in [6, 6.07) is 6.02. The Kier molecular flexibility index (Phi) is 3.81. The predicted molar refractivity (Wildman–Crippen MR) is 85.9 cm³/mol. The number of aliphatic hydroxyl groups is 1. The zero-order valence-electron chi connectivity index (χ0n) is 11.2. The van der Waals surface area contributed by atoms with Gasteiger partial charge in [-0.15, -0.1) is 0 Å². The standard InChI is InChI=1S/C15H18BrN3O/c16-11-7-12-13(17)1-2-14(15(12)18-8-11)19-5-3-10(9-20)4-6-19/h1-2,7-8,10,20H,3-6,9,17H2. The lowest BCUT2D eigenvalue weighted by molar-refractivity contribution is 0.203. The number of nitrogens with two attached hydrogens (primary N) is 1. The van der Waals surface area contributed by atoms with Crippen LogP contribution in [0.5, 0.6) is 0 Å². The van der Waals surface area contributed by atoms with Crippen LogP contribution in [0.25, 0.3) is 10.9 Å². The first-order valence-electron chi connectivity index (χ1n) is 6.88. The van der Waals surface area contributed by atoms with Gasteiger partial charge in [-0.05, 0) is 52.9 Å². The number of anilines is 2. The lowest BCUT2D eigenvalue weighted by atomic mass is 9.97. The van der Waals surface area contributed by atoms with Crippen LogP contribution in [0.2, 0.25) is 0 Å². The molecule has 106 valence electrons. The van der Waals surface area contributed by atoms with Crippen molar-refractivity contribution in [2.75, 3.05) is 30.3 Å².